The van der Waals surface area contributed by atoms with Crippen molar-refractivity contribution in [2.24, 2.45) is 0 Å². The number of nitrogens with zero attached hydrogens (tertiary/aromatic N) is 3. The van der Waals surface area contributed by atoms with Crippen LogP contribution in [0, 0.1) is 15.9 Å². The van der Waals surface area contributed by atoms with Gasteiger partial charge >= 0.3 is 5.69 Å². The maximum Gasteiger partial charge on any atom is 0.335 e. The van der Waals surface area contributed by atoms with Crippen LogP contribution in [0.4, 0.5) is 10.1 Å². The number of furan rings is 1. The summed E-state index contributed by atoms with van der Waals surface area (Å²) in [6, 6.07) is 5.83. The van der Waals surface area contributed by atoms with Gasteiger partial charge in [-0.1, -0.05) is 23.7 Å². The first kappa shape index (κ1) is 12.5. The fourth-order valence-corrected chi connectivity index (χ4v) is 2.05. The van der Waals surface area contributed by atoms with Gasteiger partial charge in [0.2, 0.25) is 5.15 Å². The Balaban J connectivity index is 2.29. The monoisotopic (exact) mass is 293 g/mol. The first-order valence-corrected chi connectivity index (χ1v) is 5.79. The molecule has 0 fully saturated rings. The Labute approximate surface area is 116 Å². The lowest BCUT2D eigenvalue weighted by Crippen LogP contribution is -1.96. The van der Waals surface area contributed by atoms with Gasteiger partial charge in [0.05, 0.1) is 4.92 Å². The maximum absolute atomic E-state index is 13.6. The van der Waals surface area contributed by atoms with Crippen molar-refractivity contribution in [2.45, 2.75) is 0 Å². The number of aromatic nitrogens is 2. The Morgan fingerprint density at radius 3 is 2.85 bits per heavy atom. The van der Waals surface area contributed by atoms with E-state index in [2.05, 4.69) is 9.97 Å². The lowest BCUT2D eigenvalue weighted by molar-refractivity contribution is -0.384. The molecule has 0 atom stereocenters. The van der Waals surface area contributed by atoms with Crippen molar-refractivity contribution in [3.63, 3.8) is 0 Å². The normalized spacial score (nSPS) is 10.9. The fraction of sp³-hybridized carbons (Fsp3) is 0. The molecule has 20 heavy (non-hydrogen) atoms. The number of rotatable bonds is 2. The van der Waals surface area contributed by atoms with Crippen LogP contribution in [-0.4, -0.2) is 14.9 Å². The predicted octanol–water partition coefficient (Wildman–Crippen LogP) is 3.59. The highest BCUT2D eigenvalue weighted by atomic mass is 35.5. The van der Waals surface area contributed by atoms with E-state index < -0.39 is 16.4 Å². The number of para-hydroxylation sites is 1. The number of fused-ring (bicyclic) bond motifs is 1. The van der Waals surface area contributed by atoms with Crippen molar-refractivity contribution < 1.29 is 13.7 Å². The summed E-state index contributed by atoms with van der Waals surface area (Å²) < 4.78 is 18.9. The summed E-state index contributed by atoms with van der Waals surface area (Å²) in [5, 5.41) is 11.2. The average molecular weight is 294 g/mol. The molecule has 6 nitrogen and oxygen atoms in total. The molecule has 0 bridgehead atoms. The predicted molar refractivity (Wildman–Crippen MR) is 68.9 cm³/mol. The highest BCUT2D eigenvalue weighted by Gasteiger charge is 2.25. The van der Waals surface area contributed by atoms with Gasteiger partial charge in [-0.3, -0.25) is 10.1 Å². The van der Waals surface area contributed by atoms with Crippen molar-refractivity contribution >= 4 is 28.3 Å². The van der Waals surface area contributed by atoms with Gasteiger partial charge < -0.3 is 4.42 Å². The number of halogens is 2. The molecule has 2 heterocycles. The van der Waals surface area contributed by atoms with E-state index in [0.29, 0.717) is 5.39 Å². The molecule has 100 valence electrons. The van der Waals surface area contributed by atoms with Gasteiger partial charge in [-0.2, -0.15) is 0 Å². The van der Waals surface area contributed by atoms with E-state index in [9.17, 15) is 14.5 Å². The van der Waals surface area contributed by atoms with Gasteiger partial charge in [-0.05, 0) is 12.1 Å². The average Bonchev–Trinajstić information content (AvgIpc) is 2.83. The third-order valence-corrected chi connectivity index (χ3v) is 2.97. The topological polar surface area (TPSA) is 82.1 Å². The first-order chi connectivity index (χ1) is 9.58. The van der Waals surface area contributed by atoms with Crippen molar-refractivity contribution in [3.8, 4) is 11.5 Å². The van der Waals surface area contributed by atoms with Crippen LogP contribution in [0.1, 0.15) is 0 Å². The summed E-state index contributed by atoms with van der Waals surface area (Å²) in [7, 11) is 0. The first-order valence-electron chi connectivity index (χ1n) is 5.41. The summed E-state index contributed by atoms with van der Waals surface area (Å²) in [5.41, 5.74) is -0.564. The molecule has 0 saturated carbocycles. The second-order valence-electron chi connectivity index (χ2n) is 3.89. The minimum absolute atomic E-state index is 0.00605. The van der Waals surface area contributed by atoms with Crippen LogP contribution in [0.15, 0.2) is 35.0 Å². The van der Waals surface area contributed by atoms with E-state index in [1.807, 2.05) is 0 Å². The van der Waals surface area contributed by atoms with Crippen LogP contribution >= 0.6 is 11.6 Å². The van der Waals surface area contributed by atoms with Crippen LogP contribution in [0.5, 0.6) is 0 Å². The Bertz CT molecular complexity index is 834. The van der Waals surface area contributed by atoms with Gasteiger partial charge in [0.25, 0.3) is 0 Å². The largest absolute Gasteiger partial charge is 0.451 e. The van der Waals surface area contributed by atoms with Gasteiger partial charge in [-0.25, -0.2) is 14.4 Å². The maximum atomic E-state index is 13.6. The Morgan fingerprint density at radius 2 is 2.15 bits per heavy atom. The fourth-order valence-electron chi connectivity index (χ4n) is 1.84. The number of hydrogen-bond donors (Lipinski definition) is 0. The molecule has 0 spiro atoms. The van der Waals surface area contributed by atoms with Crippen LogP contribution in [0.25, 0.3) is 22.4 Å². The van der Waals surface area contributed by atoms with Crippen LogP contribution in [-0.2, 0) is 0 Å². The molecule has 2 aromatic heterocycles. The SMILES string of the molecule is O=[N+]([O-])c1c(Cl)ncnc1-c1cc2cccc(F)c2o1. The summed E-state index contributed by atoms with van der Waals surface area (Å²) in [5.74, 6) is -0.502. The molecule has 0 aliphatic rings. The molecule has 0 N–H and O–H groups in total. The van der Waals surface area contributed by atoms with E-state index in [4.69, 9.17) is 16.0 Å². The summed E-state index contributed by atoms with van der Waals surface area (Å²) in [4.78, 5) is 17.7. The lowest BCUT2D eigenvalue weighted by atomic mass is 10.2. The van der Waals surface area contributed by atoms with E-state index in [1.54, 1.807) is 6.07 Å². The quantitative estimate of drug-likeness (QED) is 0.409. The smallest absolute Gasteiger partial charge is 0.335 e. The van der Waals surface area contributed by atoms with E-state index in [1.165, 1.54) is 18.2 Å². The van der Waals surface area contributed by atoms with Gasteiger partial charge in [0.1, 0.15) is 6.33 Å². The third kappa shape index (κ3) is 1.88. The zero-order valence-corrected chi connectivity index (χ0v) is 10.5. The summed E-state index contributed by atoms with van der Waals surface area (Å²) >= 11 is 5.70. The molecular weight excluding hydrogens is 289 g/mol. The van der Waals surface area contributed by atoms with Gasteiger partial charge in [0.15, 0.2) is 22.9 Å². The van der Waals surface area contributed by atoms with Crippen LogP contribution < -0.4 is 0 Å². The van der Waals surface area contributed by atoms with Crippen molar-refractivity contribution in [1.82, 2.24) is 9.97 Å². The van der Waals surface area contributed by atoms with Crippen LogP contribution in [0.3, 0.4) is 0 Å². The molecule has 8 heteroatoms. The number of benzene rings is 1. The number of nitro groups is 1. The molecule has 0 radical (unpaired) electrons. The highest BCUT2D eigenvalue weighted by molar-refractivity contribution is 6.31. The van der Waals surface area contributed by atoms with Crippen molar-refractivity contribution in [3.05, 3.63) is 51.7 Å². The molecule has 0 aliphatic carbocycles. The summed E-state index contributed by atoms with van der Waals surface area (Å²) in [6.07, 6.45) is 1.08. The Morgan fingerprint density at radius 1 is 1.35 bits per heavy atom. The molecule has 0 unspecified atom stereocenters. The van der Waals surface area contributed by atoms with Crippen molar-refractivity contribution in [2.75, 3.05) is 0 Å². The zero-order valence-electron chi connectivity index (χ0n) is 9.71. The Hall–Kier alpha value is -2.54. The lowest BCUT2D eigenvalue weighted by Gasteiger charge is -1.99. The van der Waals surface area contributed by atoms with E-state index in [0.717, 1.165) is 6.33 Å². The van der Waals surface area contributed by atoms with E-state index in [-0.39, 0.29) is 22.2 Å². The van der Waals surface area contributed by atoms with Gasteiger partial charge in [-0.15, -0.1) is 0 Å². The summed E-state index contributed by atoms with van der Waals surface area (Å²) in [6.45, 7) is 0. The standard InChI is InChI=1S/C12H5ClFN3O3/c13-12-10(17(18)19)9(15-5-16-12)8-4-6-2-1-3-7(14)11(6)20-8/h1-5H. The van der Waals surface area contributed by atoms with E-state index >= 15 is 0 Å². The zero-order chi connectivity index (χ0) is 14.3. The molecule has 0 aliphatic heterocycles. The second kappa shape index (κ2) is 4.53. The number of hydrogen-bond acceptors (Lipinski definition) is 5. The molecule has 0 amide bonds. The third-order valence-electron chi connectivity index (χ3n) is 2.69. The minimum Gasteiger partial charge on any atom is -0.451 e. The van der Waals surface area contributed by atoms with Gasteiger partial charge in [0, 0.05) is 5.39 Å². The molecule has 3 rings (SSSR count). The molecule has 0 saturated heterocycles. The molecule has 1 aromatic carbocycles. The molecule has 3 aromatic rings. The second-order valence-corrected chi connectivity index (χ2v) is 4.25. The van der Waals surface area contributed by atoms with Crippen LogP contribution in [0.2, 0.25) is 5.15 Å². The molecular formula is C12H5ClFN3O3. The minimum atomic E-state index is -0.707. The highest BCUT2D eigenvalue weighted by Crippen LogP contribution is 2.35. The Kier molecular flexibility index (Phi) is 2.83. The van der Waals surface area contributed by atoms with Crippen molar-refractivity contribution in [1.29, 1.82) is 0 Å².